The second-order valence-electron chi connectivity index (χ2n) is 4.22. The summed E-state index contributed by atoms with van der Waals surface area (Å²) in [7, 11) is 0. The predicted molar refractivity (Wildman–Crippen MR) is 59.9 cm³/mol. The Labute approximate surface area is 89.1 Å². The molecule has 0 atom stereocenters. The topological polar surface area (TPSA) is 37.8 Å². The Kier molecular flexibility index (Phi) is 2.72. The minimum absolute atomic E-state index is 0.254. The largest absolute Gasteiger partial charge is 0.361 e. The van der Waals surface area contributed by atoms with Gasteiger partial charge in [-0.25, -0.2) is 4.98 Å². The van der Waals surface area contributed by atoms with Crippen LogP contribution in [-0.4, -0.2) is 15.9 Å². The van der Waals surface area contributed by atoms with Crippen LogP contribution in [0.1, 0.15) is 45.4 Å². The lowest BCUT2D eigenvalue weighted by Crippen LogP contribution is -2.18. The van der Waals surface area contributed by atoms with E-state index >= 15 is 0 Å². The van der Waals surface area contributed by atoms with Gasteiger partial charge >= 0.3 is 0 Å². The van der Waals surface area contributed by atoms with E-state index in [0.717, 1.165) is 17.5 Å². The summed E-state index contributed by atoms with van der Waals surface area (Å²) in [6.45, 7) is 5.29. The maximum atomic E-state index is 4.55. The van der Waals surface area contributed by atoms with Gasteiger partial charge in [-0.3, -0.25) is 0 Å². The van der Waals surface area contributed by atoms with Gasteiger partial charge in [0.1, 0.15) is 0 Å². The molecule has 1 aliphatic rings. The Bertz CT molecular complexity index is 302. The normalized spacial score (nSPS) is 19.9. The van der Waals surface area contributed by atoms with Gasteiger partial charge in [-0.05, 0) is 19.8 Å². The molecule has 3 nitrogen and oxygen atoms in total. The zero-order chi connectivity index (χ0) is 10.0. The molecule has 1 heterocycles. The molecule has 1 N–H and O–H groups in total. The van der Waals surface area contributed by atoms with Crippen LogP contribution in [0.5, 0.6) is 0 Å². The molecule has 0 bridgehead atoms. The molecule has 2 rings (SSSR count). The lowest BCUT2D eigenvalue weighted by molar-refractivity contribution is 0.465. The highest BCUT2D eigenvalue weighted by Gasteiger charge is 2.34. The van der Waals surface area contributed by atoms with Crippen molar-refractivity contribution < 1.29 is 0 Å². The van der Waals surface area contributed by atoms with E-state index in [4.69, 9.17) is 0 Å². The number of nitrogens with one attached hydrogen (secondary N) is 1. The molecule has 1 aromatic rings. The van der Waals surface area contributed by atoms with Crippen molar-refractivity contribution in [3.05, 3.63) is 5.82 Å². The van der Waals surface area contributed by atoms with Crippen LogP contribution < -0.4 is 5.32 Å². The standard InChI is InChI=1S/C10H17N3S/c1-3-11-9-12-8(13-14-9)10(2)6-4-5-7-10/h3-7H2,1-2H3,(H,11,12,13). The fraction of sp³-hybridized carbons (Fsp3) is 0.800. The van der Waals surface area contributed by atoms with Gasteiger partial charge in [0, 0.05) is 23.5 Å². The second kappa shape index (κ2) is 3.85. The van der Waals surface area contributed by atoms with Crippen molar-refractivity contribution in [2.45, 2.75) is 44.9 Å². The number of nitrogens with zero attached hydrogens (tertiary/aromatic N) is 2. The van der Waals surface area contributed by atoms with Gasteiger partial charge in [0.2, 0.25) is 5.13 Å². The van der Waals surface area contributed by atoms with Crippen LogP contribution in [0.2, 0.25) is 0 Å². The van der Waals surface area contributed by atoms with Crippen LogP contribution in [0.4, 0.5) is 5.13 Å². The van der Waals surface area contributed by atoms with Crippen molar-refractivity contribution in [2.24, 2.45) is 0 Å². The van der Waals surface area contributed by atoms with Crippen LogP contribution in [-0.2, 0) is 5.41 Å². The number of hydrogen-bond donors (Lipinski definition) is 1. The van der Waals surface area contributed by atoms with Crippen LogP contribution in [0.3, 0.4) is 0 Å². The average Bonchev–Trinajstić information content (AvgIpc) is 2.75. The minimum Gasteiger partial charge on any atom is -0.361 e. The summed E-state index contributed by atoms with van der Waals surface area (Å²) in [4.78, 5) is 4.55. The lowest BCUT2D eigenvalue weighted by Gasteiger charge is -2.18. The van der Waals surface area contributed by atoms with Gasteiger partial charge in [-0.1, -0.05) is 19.8 Å². The molecule has 0 radical (unpaired) electrons. The van der Waals surface area contributed by atoms with Gasteiger partial charge in [0.15, 0.2) is 5.82 Å². The minimum atomic E-state index is 0.254. The first-order valence-electron chi connectivity index (χ1n) is 5.33. The molecule has 14 heavy (non-hydrogen) atoms. The molecular formula is C10H17N3S. The summed E-state index contributed by atoms with van der Waals surface area (Å²) in [6.07, 6.45) is 5.14. The molecule has 1 aromatic heterocycles. The maximum absolute atomic E-state index is 4.55. The van der Waals surface area contributed by atoms with Crippen molar-refractivity contribution in [1.29, 1.82) is 0 Å². The highest BCUT2D eigenvalue weighted by molar-refractivity contribution is 7.09. The summed E-state index contributed by atoms with van der Waals surface area (Å²) in [6, 6.07) is 0. The van der Waals surface area contributed by atoms with Crippen molar-refractivity contribution in [3.63, 3.8) is 0 Å². The number of aromatic nitrogens is 2. The van der Waals surface area contributed by atoms with Crippen molar-refractivity contribution >= 4 is 16.7 Å². The lowest BCUT2D eigenvalue weighted by atomic mass is 9.88. The fourth-order valence-corrected chi connectivity index (χ4v) is 2.84. The maximum Gasteiger partial charge on any atom is 0.202 e. The van der Waals surface area contributed by atoms with Gasteiger partial charge in [-0.2, -0.15) is 4.37 Å². The number of hydrogen-bond acceptors (Lipinski definition) is 4. The van der Waals surface area contributed by atoms with E-state index in [0.29, 0.717) is 0 Å². The highest BCUT2D eigenvalue weighted by Crippen LogP contribution is 2.39. The molecule has 0 saturated heterocycles. The zero-order valence-electron chi connectivity index (χ0n) is 8.84. The second-order valence-corrected chi connectivity index (χ2v) is 4.97. The van der Waals surface area contributed by atoms with Crippen LogP contribution >= 0.6 is 11.5 Å². The monoisotopic (exact) mass is 211 g/mol. The number of anilines is 1. The quantitative estimate of drug-likeness (QED) is 0.835. The summed E-state index contributed by atoms with van der Waals surface area (Å²) in [5.74, 6) is 1.05. The van der Waals surface area contributed by atoms with Gasteiger partial charge < -0.3 is 5.32 Å². The van der Waals surface area contributed by atoms with E-state index in [1.807, 2.05) is 0 Å². The first kappa shape index (κ1) is 9.90. The Hall–Kier alpha value is -0.640. The Morgan fingerprint density at radius 2 is 2.14 bits per heavy atom. The molecule has 1 saturated carbocycles. The third-order valence-corrected chi connectivity index (χ3v) is 3.67. The van der Waals surface area contributed by atoms with Gasteiger partial charge in [0.05, 0.1) is 0 Å². The van der Waals surface area contributed by atoms with E-state index in [1.54, 1.807) is 0 Å². The van der Waals surface area contributed by atoms with Crippen molar-refractivity contribution in [3.8, 4) is 0 Å². The van der Waals surface area contributed by atoms with E-state index in [-0.39, 0.29) is 5.41 Å². The molecule has 0 aliphatic heterocycles. The van der Waals surface area contributed by atoms with Gasteiger partial charge in [-0.15, -0.1) is 0 Å². The summed E-state index contributed by atoms with van der Waals surface area (Å²) >= 11 is 1.49. The van der Waals surface area contributed by atoms with Crippen LogP contribution in [0.15, 0.2) is 0 Å². The van der Waals surface area contributed by atoms with E-state index in [9.17, 15) is 0 Å². The first-order valence-corrected chi connectivity index (χ1v) is 6.10. The molecule has 1 aliphatic carbocycles. The summed E-state index contributed by atoms with van der Waals surface area (Å²) in [5, 5.41) is 4.18. The van der Waals surface area contributed by atoms with Gasteiger partial charge in [0.25, 0.3) is 0 Å². The summed E-state index contributed by atoms with van der Waals surface area (Å²) < 4.78 is 4.46. The molecule has 0 unspecified atom stereocenters. The Balaban J connectivity index is 2.15. The summed E-state index contributed by atoms with van der Waals surface area (Å²) in [5.41, 5.74) is 0.254. The highest BCUT2D eigenvalue weighted by atomic mass is 32.1. The smallest absolute Gasteiger partial charge is 0.202 e. The first-order chi connectivity index (χ1) is 6.74. The predicted octanol–water partition coefficient (Wildman–Crippen LogP) is 2.80. The van der Waals surface area contributed by atoms with E-state index < -0.39 is 0 Å². The van der Waals surface area contributed by atoms with Crippen LogP contribution in [0, 0.1) is 0 Å². The molecule has 1 fully saturated rings. The SMILES string of the molecule is CCNc1nc(C2(C)CCCC2)ns1. The third-order valence-electron chi connectivity index (χ3n) is 3.00. The van der Waals surface area contributed by atoms with Crippen LogP contribution in [0.25, 0.3) is 0 Å². The van der Waals surface area contributed by atoms with E-state index in [2.05, 4.69) is 28.5 Å². The van der Waals surface area contributed by atoms with Crippen molar-refractivity contribution in [1.82, 2.24) is 9.36 Å². The molecule has 4 heteroatoms. The molecule has 78 valence electrons. The molecular weight excluding hydrogens is 194 g/mol. The molecule has 0 spiro atoms. The zero-order valence-corrected chi connectivity index (χ0v) is 9.65. The Morgan fingerprint density at radius 3 is 2.79 bits per heavy atom. The number of rotatable bonds is 3. The average molecular weight is 211 g/mol. The van der Waals surface area contributed by atoms with Crippen molar-refractivity contribution in [2.75, 3.05) is 11.9 Å². The Morgan fingerprint density at radius 1 is 1.43 bits per heavy atom. The third kappa shape index (κ3) is 1.75. The molecule has 0 amide bonds. The fourth-order valence-electron chi connectivity index (χ4n) is 2.07. The van der Waals surface area contributed by atoms with E-state index in [1.165, 1.54) is 37.2 Å². The molecule has 0 aromatic carbocycles.